The fraction of sp³-hybridized carbons (Fsp3) is 0.543. The first-order valence-electron chi connectivity index (χ1n) is 16.6. The number of hydrogen-bond donors (Lipinski definition) is 2. The number of carboxylic acids is 1. The van der Waals surface area contributed by atoms with Gasteiger partial charge >= 0.3 is 5.97 Å². The van der Waals surface area contributed by atoms with E-state index < -0.39 is 5.97 Å². The van der Waals surface area contributed by atoms with E-state index in [0.717, 1.165) is 48.8 Å². The third-order valence-corrected chi connectivity index (χ3v) is 10.1. The van der Waals surface area contributed by atoms with Gasteiger partial charge in [0.1, 0.15) is 0 Å². The van der Waals surface area contributed by atoms with Crippen molar-refractivity contribution in [3.8, 4) is 0 Å². The third kappa shape index (κ3) is 7.64. The lowest BCUT2D eigenvalue weighted by molar-refractivity contribution is -0.144. The van der Waals surface area contributed by atoms with Gasteiger partial charge in [0.05, 0.1) is 59.5 Å². The van der Waals surface area contributed by atoms with Gasteiger partial charge in [-0.2, -0.15) is 5.10 Å². The summed E-state index contributed by atoms with van der Waals surface area (Å²) >= 11 is 6.63. The van der Waals surface area contributed by atoms with E-state index in [1.807, 2.05) is 35.2 Å². The van der Waals surface area contributed by atoms with E-state index >= 15 is 0 Å². The number of fused-ring (bicyclic) bond motifs is 1. The Bertz CT molecular complexity index is 1610. The molecule has 2 aliphatic heterocycles. The fourth-order valence-electron chi connectivity index (χ4n) is 7.47. The number of carbonyl (C=O) groups is 3. The van der Waals surface area contributed by atoms with Crippen LogP contribution in [-0.4, -0.2) is 99.1 Å². The average molecular weight is 666 g/mol. The number of anilines is 1. The molecule has 2 saturated heterocycles. The van der Waals surface area contributed by atoms with Crippen molar-refractivity contribution in [1.29, 1.82) is 0 Å². The summed E-state index contributed by atoms with van der Waals surface area (Å²) in [6.07, 6.45) is 3.92. The number of ether oxygens (including phenoxy) is 2. The van der Waals surface area contributed by atoms with Crippen LogP contribution in [0.4, 0.5) is 5.69 Å². The Hall–Kier alpha value is -3.51. The second kappa shape index (κ2) is 14.3. The molecule has 0 spiro atoms. The van der Waals surface area contributed by atoms with Crippen molar-refractivity contribution in [2.75, 3.05) is 31.6 Å². The number of aryl methyl sites for hydroxylation is 1. The molecule has 1 aromatic heterocycles. The molecule has 0 radical (unpaired) electrons. The number of benzene rings is 2. The Morgan fingerprint density at radius 3 is 2.47 bits per heavy atom. The molecule has 11 nitrogen and oxygen atoms in total. The highest BCUT2D eigenvalue weighted by atomic mass is 35.5. The maximum atomic E-state index is 13.9. The van der Waals surface area contributed by atoms with Gasteiger partial charge in [0, 0.05) is 38.1 Å². The molecule has 0 bridgehead atoms. The molecule has 6 rings (SSSR count). The number of carbonyl (C=O) groups excluding carboxylic acids is 2. The molecule has 3 aromatic rings. The summed E-state index contributed by atoms with van der Waals surface area (Å²) in [6.45, 7) is 6.85. The van der Waals surface area contributed by atoms with E-state index in [9.17, 15) is 19.5 Å². The number of halogens is 1. The predicted molar refractivity (Wildman–Crippen MR) is 179 cm³/mol. The second-order valence-electron chi connectivity index (χ2n) is 13.4. The smallest absolute Gasteiger partial charge is 0.306 e. The molecule has 252 valence electrons. The number of nitrogens with one attached hydrogen (secondary N) is 1. The molecule has 12 heteroatoms. The quantitative estimate of drug-likeness (QED) is 0.335. The van der Waals surface area contributed by atoms with Crippen molar-refractivity contribution >= 4 is 46.0 Å². The molecule has 1 saturated carbocycles. The van der Waals surface area contributed by atoms with E-state index in [1.54, 1.807) is 23.9 Å². The molecular formula is C35H44ClN5O6. The van der Waals surface area contributed by atoms with Crippen LogP contribution in [0, 0.1) is 5.92 Å². The lowest BCUT2D eigenvalue weighted by atomic mass is 9.87. The zero-order chi connectivity index (χ0) is 33.2. The number of carboxylic acid groups (broad SMARTS) is 1. The first-order valence-corrected chi connectivity index (χ1v) is 17.0. The third-order valence-electron chi connectivity index (χ3n) is 9.83. The monoisotopic (exact) mass is 665 g/mol. The van der Waals surface area contributed by atoms with Crippen LogP contribution in [0.3, 0.4) is 0 Å². The molecule has 3 fully saturated rings. The highest BCUT2D eigenvalue weighted by Crippen LogP contribution is 2.31. The lowest BCUT2D eigenvalue weighted by Gasteiger charge is -2.38. The van der Waals surface area contributed by atoms with Gasteiger partial charge in [0.2, 0.25) is 5.91 Å². The number of likely N-dealkylation sites (tertiary alicyclic amines) is 1. The van der Waals surface area contributed by atoms with Crippen LogP contribution in [0.25, 0.3) is 10.9 Å². The van der Waals surface area contributed by atoms with Crippen molar-refractivity contribution in [3.05, 3.63) is 58.7 Å². The Labute approximate surface area is 280 Å². The molecule has 0 unspecified atom stereocenters. The topological polar surface area (TPSA) is 126 Å². The Morgan fingerprint density at radius 1 is 1.04 bits per heavy atom. The highest BCUT2D eigenvalue weighted by molar-refractivity contribution is 6.34. The maximum absolute atomic E-state index is 13.9. The van der Waals surface area contributed by atoms with Crippen LogP contribution < -0.4 is 5.32 Å². The molecule has 2 aromatic carbocycles. The van der Waals surface area contributed by atoms with Crippen LogP contribution in [0.15, 0.2) is 42.5 Å². The average Bonchev–Trinajstić information content (AvgIpc) is 3.63. The van der Waals surface area contributed by atoms with Crippen molar-refractivity contribution in [1.82, 2.24) is 19.6 Å². The van der Waals surface area contributed by atoms with Gasteiger partial charge in [0.15, 0.2) is 5.69 Å². The first kappa shape index (κ1) is 33.4. The maximum Gasteiger partial charge on any atom is 0.306 e. The number of aliphatic carboxylic acids is 1. The molecule has 1 aliphatic carbocycles. The highest BCUT2D eigenvalue weighted by Gasteiger charge is 2.40. The van der Waals surface area contributed by atoms with Crippen molar-refractivity contribution in [3.63, 3.8) is 0 Å². The van der Waals surface area contributed by atoms with Gasteiger partial charge in [0.25, 0.3) is 5.91 Å². The number of aromatic nitrogens is 2. The second-order valence-corrected chi connectivity index (χ2v) is 13.8. The predicted octanol–water partition coefficient (Wildman–Crippen LogP) is 4.76. The summed E-state index contributed by atoms with van der Waals surface area (Å²) in [5.74, 6) is -1.39. The lowest BCUT2D eigenvalue weighted by Crippen LogP contribution is -2.51. The number of amides is 2. The SMILES string of the molecule is C[C@@H]1CN([C@H]2C[C@@H](COC3CCC(C(=O)O)CC3)N(C(=O)Cc3ccc(NC(=O)c4nn(C)c5ccccc45)c(Cl)c3)C2)C[C@H](C)O1. The molecular weight excluding hydrogens is 622 g/mol. The molecule has 3 aliphatic rings. The molecule has 3 heterocycles. The molecule has 2 N–H and O–H groups in total. The van der Waals surface area contributed by atoms with Crippen molar-refractivity contribution < 1.29 is 29.0 Å². The van der Waals surface area contributed by atoms with E-state index in [2.05, 4.69) is 29.2 Å². The Balaban J connectivity index is 1.11. The largest absolute Gasteiger partial charge is 0.481 e. The summed E-state index contributed by atoms with van der Waals surface area (Å²) in [5, 5.41) is 17.7. The van der Waals surface area contributed by atoms with E-state index in [-0.39, 0.29) is 54.5 Å². The summed E-state index contributed by atoms with van der Waals surface area (Å²) in [6, 6.07) is 12.9. The first-order chi connectivity index (χ1) is 22.5. The standard InChI is InChI=1S/C35H44ClN5O6/c1-21-17-40(18-22(2)47-21)25-16-26(20-46-27-11-9-24(10-12-27)35(44)45)41(19-25)32(42)15-23-8-13-30(29(36)14-23)37-34(43)33-28-6-4-5-7-31(28)39(3)38-33/h4-8,13-14,21-22,24-27H,9-12,15-20H2,1-3H3,(H,37,43)(H,44,45)/t21-,22+,24?,25-,26-,27?/m0/s1. The van der Waals surface area contributed by atoms with E-state index in [1.165, 1.54) is 0 Å². The zero-order valence-electron chi connectivity index (χ0n) is 27.2. The summed E-state index contributed by atoms with van der Waals surface area (Å²) in [7, 11) is 1.80. The Morgan fingerprint density at radius 2 is 1.77 bits per heavy atom. The summed E-state index contributed by atoms with van der Waals surface area (Å²) in [5.41, 5.74) is 2.37. The number of morpholine rings is 1. The minimum atomic E-state index is -0.731. The zero-order valence-corrected chi connectivity index (χ0v) is 28.0. The molecule has 47 heavy (non-hydrogen) atoms. The normalized spacial score (nSPS) is 26.9. The number of nitrogens with zero attached hydrogens (tertiary/aromatic N) is 4. The molecule has 4 atom stereocenters. The Kier molecular flexibility index (Phi) is 10.2. The van der Waals surface area contributed by atoms with Gasteiger partial charge < -0.3 is 24.8 Å². The van der Waals surface area contributed by atoms with Crippen LogP contribution in [0.2, 0.25) is 5.02 Å². The number of rotatable bonds is 9. The summed E-state index contributed by atoms with van der Waals surface area (Å²) in [4.78, 5) is 42.8. The van der Waals surface area contributed by atoms with Gasteiger partial charge in [-0.3, -0.25) is 24.0 Å². The fourth-order valence-corrected chi connectivity index (χ4v) is 7.72. The van der Waals surface area contributed by atoms with Crippen LogP contribution in [0.1, 0.15) is 62.0 Å². The van der Waals surface area contributed by atoms with Gasteiger partial charge in [-0.15, -0.1) is 0 Å². The van der Waals surface area contributed by atoms with Crippen LogP contribution in [0.5, 0.6) is 0 Å². The minimum Gasteiger partial charge on any atom is -0.481 e. The van der Waals surface area contributed by atoms with Gasteiger partial charge in [-0.1, -0.05) is 35.9 Å². The molecule has 2 amide bonds. The minimum absolute atomic E-state index is 0.00199. The van der Waals surface area contributed by atoms with E-state index in [0.29, 0.717) is 42.4 Å². The van der Waals surface area contributed by atoms with Gasteiger partial charge in [-0.05, 0) is 69.7 Å². The number of hydrogen-bond acceptors (Lipinski definition) is 7. The van der Waals surface area contributed by atoms with Crippen LogP contribution in [-0.2, 0) is 32.5 Å². The summed E-state index contributed by atoms with van der Waals surface area (Å²) < 4.78 is 14.0. The van der Waals surface area contributed by atoms with Crippen LogP contribution >= 0.6 is 11.6 Å². The van der Waals surface area contributed by atoms with Gasteiger partial charge in [-0.25, -0.2) is 0 Å². The van der Waals surface area contributed by atoms with E-state index in [4.69, 9.17) is 21.1 Å². The van der Waals surface area contributed by atoms with Crippen molar-refractivity contribution in [2.24, 2.45) is 13.0 Å². The van der Waals surface area contributed by atoms with Crippen molar-refractivity contribution in [2.45, 2.75) is 82.8 Å². The number of para-hydroxylation sites is 1.